The van der Waals surface area contributed by atoms with E-state index in [0.717, 1.165) is 6.07 Å². The molecule has 1 saturated heterocycles. The fourth-order valence-corrected chi connectivity index (χ4v) is 3.18. The number of alkyl halides is 3. The molecular formula is C18H19F3N2O2. The minimum absolute atomic E-state index is 0.189. The number of esters is 1. The average molecular weight is 352 g/mol. The summed E-state index contributed by atoms with van der Waals surface area (Å²) in [4.78, 5) is 17.5. The number of benzene rings is 1. The van der Waals surface area contributed by atoms with Crippen LogP contribution in [0.4, 0.5) is 18.9 Å². The second-order valence-electron chi connectivity index (χ2n) is 6.05. The van der Waals surface area contributed by atoms with Crippen LogP contribution in [-0.4, -0.2) is 30.6 Å². The topological polar surface area (TPSA) is 42.4 Å². The minimum Gasteiger partial charge on any atom is -0.466 e. The molecule has 25 heavy (non-hydrogen) atoms. The first-order chi connectivity index (χ1) is 11.9. The summed E-state index contributed by atoms with van der Waals surface area (Å²) < 4.78 is 44.6. The van der Waals surface area contributed by atoms with Crippen molar-refractivity contribution in [2.24, 2.45) is 5.92 Å². The number of halogens is 3. The van der Waals surface area contributed by atoms with Gasteiger partial charge in [0.15, 0.2) is 0 Å². The second-order valence-corrected chi connectivity index (χ2v) is 6.05. The molecule has 1 fully saturated rings. The maximum atomic E-state index is 13.2. The first kappa shape index (κ1) is 17.5. The van der Waals surface area contributed by atoms with Gasteiger partial charge in [0.2, 0.25) is 0 Å². The third-order valence-corrected chi connectivity index (χ3v) is 4.44. The van der Waals surface area contributed by atoms with Gasteiger partial charge in [-0.3, -0.25) is 4.79 Å². The molecule has 2 heterocycles. The summed E-state index contributed by atoms with van der Waals surface area (Å²) in [6.07, 6.45) is -3.37. The number of hydrogen-bond donors (Lipinski definition) is 0. The zero-order valence-corrected chi connectivity index (χ0v) is 13.8. The second kappa shape index (κ2) is 6.90. The molecule has 0 atom stereocenters. The van der Waals surface area contributed by atoms with Crippen molar-refractivity contribution in [2.45, 2.75) is 25.9 Å². The number of ether oxygens (including phenoxy) is 1. The van der Waals surface area contributed by atoms with Gasteiger partial charge >= 0.3 is 12.1 Å². The Kier molecular flexibility index (Phi) is 4.83. The van der Waals surface area contributed by atoms with Crippen LogP contribution in [0, 0.1) is 5.92 Å². The van der Waals surface area contributed by atoms with Gasteiger partial charge in [-0.05, 0) is 31.9 Å². The zero-order chi connectivity index (χ0) is 18.0. The van der Waals surface area contributed by atoms with Crippen molar-refractivity contribution >= 4 is 22.6 Å². The van der Waals surface area contributed by atoms with Gasteiger partial charge in [0, 0.05) is 24.2 Å². The number of para-hydroxylation sites is 1. The highest BCUT2D eigenvalue weighted by atomic mass is 19.4. The van der Waals surface area contributed by atoms with Gasteiger partial charge in [-0.2, -0.15) is 13.2 Å². The number of fused-ring (bicyclic) bond motifs is 1. The molecule has 0 aliphatic carbocycles. The SMILES string of the molecule is CCOC(=O)C1CCN(c2cc(C(F)(F)F)nc3ccccc23)CC1. The van der Waals surface area contributed by atoms with Crippen LogP contribution < -0.4 is 4.90 Å². The molecule has 0 radical (unpaired) electrons. The number of pyridine rings is 1. The van der Waals surface area contributed by atoms with Gasteiger partial charge in [0.1, 0.15) is 5.69 Å². The smallest absolute Gasteiger partial charge is 0.433 e. The number of nitrogens with zero attached hydrogens (tertiary/aromatic N) is 2. The predicted molar refractivity (Wildman–Crippen MR) is 88.3 cm³/mol. The molecule has 0 amide bonds. The molecule has 0 bridgehead atoms. The third-order valence-electron chi connectivity index (χ3n) is 4.44. The number of carbonyl (C=O) groups excluding carboxylic acids is 1. The van der Waals surface area contributed by atoms with Crippen LogP contribution in [0.2, 0.25) is 0 Å². The Labute approximate surface area is 143 Å². The molecule has 0 spiro atoms. The Morgan fingerprint density at radius 3 is 2.60 bits per heavy atom. The molecule has 1 aliphatic rings. The lowest BCUT2D eigenvalue weighted by atomic mass is 9.96. The number of carbonyl (C=O) groups is 1. The van der Waals surface area contributed by atoms with E-state index < -0.39 is 11.9 Å². The summed E-state index contributed by atoms with van der Waals surface area (Å²) in [5.41, 5.74) is -0.0613. The number of hydrogen-bond acceptors (Lipinski definition) is 4. The molecule has 1 aliphatic heterocycles. The molecule has 134 valence electrons. The molecule has 0 N–H and O–H groups in total. The Bertz CT molecular complexity index is 768. The summed E-state index contributed by atoms with van der Waals surface area (Å²) in [7, 11) is 0. The van der Waals surface area contributed by atoms with Gasteiger partial charge < -0.3 is 9.64 Å². The van der Waals surface area contributed by atoms with Crippen LogP contribution in [0.15, 0.2) is 30.3 Å². The van der Waals surface area contributed by atoms with Crippen LogP contribution in [-0.2, 0) is 15.7 Å². The van der Waals surface area contributed by atoms with Crippen LogP contribution in [0.5, 0.6) is 0 Å². The first-order valence-electron chi connectivity index (χ1n) is 8.28. The van der Waals surface area contributed by atoms with E-state index in [-0.39, 0.29) is 11.9 Å². The fraction of sp³-hybridized carbons (Fsp3) is 0.444. The average Bonchev–Trinajstić information content (AvgIpc) is 2.60. The molecule has 2 aromatic rings. The highest BCUT2D eigenvalue weighted by Crippen LogP contribution is 2.36. The molecule has 3 rings (SSSR count). The van der Waals surface area contributed by atoms with Crippen LogP contribution in [0.25, 0.3) is 10.9 Å². The number of piperidine rings is 1. The molecule has 1 aromatic heterocycles. The molecule has 0 unspecified atom stereocenters. The monoisotopic (exact) mass is 352 g/mol. The summed E-state index contributed by atoms with van der Waals surface area (Å²) in [5.74, 6) is -0.413. The van der Waals surface area contributed by atoms with E-state index in [1.807, 2.05) is 4.90 Å². The fourth-order valence-electron chi connectivity index (χ4n) is 3.18. The van der Waals surface area contributed by atoms with E-state index in [9.17, 15) is 18.0 Å². The zero-order valence-electron chi connectivity index (χ0n) is 13.8. The van der Waals surface area contributed by atoms with E-state index in [1.54, 1.807) is 31.2 Å². The van der Waals surface area contributed by atoms with Crippen molar-refractivity contribution < 1.29 is 22.7 Å². The van der Waals surface area contributed by atoms with Crippen molar-refractivity contribution in [3.63, 3.8) is 0 Å². The molecule has 4 nitrogen and oxygen atoms in total. The number of aromatic nitrogens is 1. The van der Waals surface area contributed by atoms with E-state index in [0.29, 0.717) is 49.1 Å². The van der Waals surface area contributed by atoms with Crippen LogP contribution in [0.3, 0.4) is 0 Å². The van der Waals surface area contributed by atoms with Gasteiger partial charge in [-0.25, -0.2) is 4.98 Å². The number of rotatable bonds is 3. The van der Waals surface area contributed by atoms with E-state index in [2.05, 4.69) is 4.98 Å². The molecular weight excluding hydrogens is 333 g/mol. The van der Waals surface area contributed by atoms with Crippen molar-refractivity contribution in [1.29, 1.82) is 0 Å². The van der Waals surface area contributed by atoms with Gasteiger partial charge in [0.25, 0.3) is 0 Å². The summed E-state index contributed by atoms with van der Waals surface area (Å²) >= 11 is 0. The van der Waals surface area contributed by atoms with Gasteiger partial charge in [-0.1, -0.05) is 18.2 Å². The molecule has 7 heteroatoms. The van der Waals surface area contributed by atoms with Gasteiger partial charge in [0.05, 0.1) is 18.0 Å². The van der Waals surface area contributed by atoms with E-state index in [4.69, 9.17) is 4.74 Å². The van der Waals surface area contributed by atoms with Crippen molar-refractivity contribution in [2.75, 3.05) is 24.6 Å². The summed E-state index contributed by atoms with van der Waals surface area (Å²) in [6.45, 7) is 3.11. The Balaban J connectivity index is 1.90. The van der Waals surface area contributed by atoms with Crippen LogP contribution >= 0.6 is 0 Å². The lowest BCUT2D eigenvalue weighted by Crippen LogP contribution is -2.37. The Morgan fingerprint density at radius 1 is 1.28 bits per heavy atom. The van der Waals surface area contributed by atoms with E-state index >= 15 is 0 Å². The largest absolute Gasteiger partial charge is 0.466 e. The Morgan fingerprint density at radius 2 is 1.96 bits per heavy atom. The van der Waals surface area contributed by atoms with Crippen molar-refractivity contribution in [3.8, 4) is 0 Å². The third kappa shape index (κ3) is 3.70. The van der Waals surface area contributed by atoms with Crippen molar-refractivity contribution in [3.05, 3.63) is 36.0 Å². The lowest BCUT2D eigenvalue weighted by molar-refractivity contribution is -0.148. The first-order valence-corrected chi connectivity index (χ1v) is 8.28. The Hall–Kier alpha value is -2.31. The normalized spacial score (nSPS) is 16.2. The highest BCUT2D eigenvalue weighted by Gasteiger charge is 2.34. The van der Waals surface area contributed by atoms with Crippen molar-refractivity contribution in [1.82, 2.24) is 4.98 Å². The standard InChI is InChI=1S/C18H19F3N2O2/c1-2-25-17(24)12-7-9-23(10-8-12)15-11-16(18(19,20)21)22-14-6-4-3-5-13(14)15/h3-6,11-12H,2,7-10H2,1H3. The highest BCUT2D eigenvalue weighted by molar-refractivity contribution is 5.92. The summed E-state index contributed by atoms with van der Waals surface area (Å²) in [5, 5.41) is 0.685. The lowest BCUT2D eigenvalue weighted by Gasteiger charge is -2.33. The van der Waals surface area contributed by atoms with Crippen LogP contribution in [0.1, 0.15) is 25.5 Å². The summed E-state index contributed by atoms with van der Waals surface area (Å²) in [6, 6.07) is 7.92. The maximum Gasteiger partial charge on any atom is 0.433 e. The molecule has 0 saturated carbocycles. The predicted octanol–water partition coefficient (Wildman–Crippen LogP) is 4.03. The minimum atomic E-state index is -4.50. The number of anilines is 1. The maximum absolute atomic E-state index is 13.2. The van der Waals surface area contributed by atoms with E-state index in [1.165, 1.54) is 0 Å². The van der Waals surface area contributed by atoms with Gasteiger partial charge in [-0.15, -0.1) is 0 Å². The quantitative estimate of drug-likeness (QED) is 0.782. The molecule has 1 aromatic carbocycles.